The molecule has 3 heterocycles. The minimum Gasteiger partial charge on any atom is -0.385 e. The fraction of sp³-hybridized carbons (Fsp3) is 0.591. The molecule has 2 saturated heterocycles. The van der Waals surface area contributed by atoms with E-state index in [0.717, 1.165) is 44.6 Å². The van der Waals surface area contributed by atoms with Crippen LogP contribution in [0.15, 0.2) is 18.2 Å². The maximum absolute atomic E-state index is 12.4. The molecule has 3 aliphatic rings. The van der Waals surface area contributed by atoms with Crippen LogP contribution >= 0.6 is 0 Å². The van der Waals surface area contributed by atoms with Crippen molar-refractivity contribution in [3.8, 4) is 0 Å². The third-order valence-corrected chi connectivity index (χ3v) is 6.43. The van der Waals surface area contributed by atoms with E-state index in [2.05, 4.69) is 27.7 Å². The van der Waals surface area contributed by atoms with E-state index in [1.165, 1.54) is 11.1 Å². The molecular weight excluding hydrogens is 382 g/mol. The molecule has 0 aliphatic carbocycles. The molecule has 30 heavy (non-hydrogen) atoms. The topological polar surface area (TPSA) is 108 Å². The molecule has 1 aromatic rings. The standard InChI is InChI=1S/C22H31N5O3/c23-16-8-11-26(12-9-16)21(29)5-2-10-24-18-4-1-3-15-13-27(14-17(15)18)19-6-7-20(28)25-22(19)30/h1,3-4,16,19,24H,2,5-14,23H2,(H,25,28,30). The number of imide groups is 1. The Bertz CT molecular complexity index is 819. The van der Waals surface area contributed by atoms with Gasteiger partial charge in [0.1, 0.15) is 0 Å². The number of fused-ring (bicyclic) bond motifs is 1. The van der Waals surface area contributed by atoms with Gasteiger partial charge in [0.2, 0.25) is 17.7 Å². The summed E-state index contributed by atoms with van der Waals surface area (Å²) in [5.41, 5.74) is 9.40. The summed E-state index contributed by atoms with van der Waals surface area (Å²) in [6, 6.07) is 6.16. The molecule has 0 bridgehead atoms. The van der Waals surface area contributed by atoms with Crippen LogP contribution in [0.1, 0.15) is 49.7 Å². The van der Waals surface area contributed by atoms with Gasteiger partial charge >= 0.3 is 0 Å². The summed E-state index contributed by atoms with van der Waals surface area (Å²) in [5.74, 6) is -0.158. The van der Waals surface area contributed by atoms with Gasteiger partial charge in [-0.3, -0.25) is 24.6 Å². The molecule has 4 rings (SSSR count). The van der Waals surface area contributed by atoms with Crippen molar-refractivity contribution in [2.45, 2.75) is 63.7 Å². The van der Waals surface area contributed by atoms with Crippen molar-refractivity contribution in [3.63, 3.8) is 0 Å². The minimum atomic E-state index is -0.252. The van der Waals surface area contributed by atoms with Crippen molar-refractivity contribution in [1.29, 1.82) is 0 Å². The molecule has 0 radical (unpaired) electrons. The molecule has 0 saturated carbocycles. The number of amides is 3. The lowest BCUT2D eigenvalue weighted by Crippen LogP contribution is -2.50. The van der Waals surface area contributed by atoms with E-state index in [0.29, 0.717) is 32.4 Å². The highest BCUT2D eigenvalue weighted by Gasteiger charge is 2.35. The molecular formula is C22H31N5O3. The monoisotopic (exact) mass is 413 g/mol. The fourth-order valence-corrected chi connectivity index (χ4v) is 4.63. The summed E-state index contributed by atoms with van der Waals surface area (Å²) >= 11 is 0. The second-order valence-electron chi connectivity index (χ2n) is 8.56. The van der Waals surface area contributed by atoms with E-state index < -0.39 is 0 Å². The van der Waals surface area contributed by atoms with Crippen molar-refractivity contribution in [3.05, 3.63) is 29.3 Å². The number of nitrogens with zero attached hydrogens (tertiary/aromatic N) is 2. The van der Waals surface area contributed by atoms with Crippen LogP contribution in [0.2, 0.25) is 0 Å². The van der Waals surface area contributed by atoms with Crippen LogP contribution in [-0.4, -0.2) is 59.2 Å². The number of rotatable bonds is 6. The normalized spacial score (nSPS) is 22.7. The van der Waals surface area contributed by atoms with Crippen LogP contribution in [0.25, 0.3) is 0 Å². The lowest BCUT2D eigenvalue weighted by Gasteiger charge is -2.30. The number of hydrogen-bond acceptors (Lipinski definition) is 6. The number of likely N-dealkylation sites (tertiary alicyclic amines) is 1. The first-order valence-corrected chi connectivity index (χ1v) is 11.0. The lowest BCUT2D eigenvalue weighted by molar-refractivity contribution is -0.137. The fourth-order valence-electron chi connectivity index (χ4n) is 4.63. The quantitative estimate of drug-likeness (QED) is 0.473. The highest BCUT2D eigenvalue weighted by molar-refractivity contribution is 6.00. The lowest BCUT2D eigenvalue weighted by atomic mass is 10.0. The SMILES string of the molecule is NC1CCN(C(=O)CCCNc2cccc3c2CN(C2CCC(=O)NC2=O)C3)CC1. The molecule has 162 valence electrons. The van der Waals surface area contributed by atoms with Gasteiger partial charge in [-0.05, 0) is 42.9 Å². The third kappa shape index (κ3) is 4.65. The highest BCUT2D eigenvalue weighted by atomic mass is 16.2. The molecule has 0 aromatic heterocycles. The number of nitrogens with one attached hydrogen (secondary N) is 2. The van der Waals surface area contributed by atoms with E-state index in [1.807, 2.05) is 11.0 Å². The molecule has 8 heteroatoms. The molecule has 3 aliphatic heterocycles. The van der Waals surface area contributed by atoms with Crippen molar-refractivity contribution >= 4 is 23.4 Å². The molecule has 1 aromatic carbocycles. The zero-order valence-electron chi connectivity index (χ0n) is 17.4. The molecule has 1 atom stereocenters. The number of anilines is 1. The second-order valence-corrected chi connectivity index (χ2v) is 8.56. The molecule has 0 spiro atoms. The Morgan fingerprint density at radius 3 is 2.73 bits per heavy atom. The van der Waals surface area contributed by atoms with Gasteiger partial charge in [-0.15, -0.1) is 0 Å². The first-order chi connectivity index (χ1) is 14.5. The van der Waals surface area contributed by atoms with E-state index >= 15 is 0 Å². The zero-order valence-corrected chi connectivity index (χ0v) is 17.4. The van der Waals surface area contributed by atoms with Gasteiger partial charge in [-0.25, -0.2) is 0 Å². The minimum absolute atomic E-state index is 0.183. The Labute approximate surface area is 177 Å². The van der Waals surface area contributed by atoms with E-state index in [9.17, 15) is 14.4 Å². The van der Waals surface area contributed by atoms with E-state index in [-0.39, 0.29) is 29.8 Å². The van der Waals surface area contributed by atoms with Gasteiger partial charge in [0, 0.05) is 57.3 Å². The molecule has 2 fully saturated rings. The average Bonchev–Trinajstić information content (AvgIpc) is 3.16. The molecule has 8 nitrogen and oxygen atoms in total. The highest BCUT2D eigenvalue weighted by Crippen LogP contribution is 2.32. The first kappa shape index (κ1) is 20.8. The van der Waals surface area contributed by atoms with Crippen molar-refractivity contribution in [1.82, 2.24) is 15.1 Å². The maximum atomic E-state index is 12.4. The maximum Gasteiger partial charge on any atom is 0.243 e. The van der Waals surface area contributed by atoms with Gasteiger partial charge in [-0.1, -0.05) is 12.1 Å². The van der Waals surface area contributed by atoms with E-state index in [1.54, 1.807) is 0 Å². The summed E-state index contributed by atoms with van der Waals surface area (Å²) in [6.45, 7) is 3.68. The van der Waals surface area contributed by atoms with Crippen molar-refractivity contribution in [2.24, 2.45) is 5.73 Å². The van der Waals surface area contributed by atoms with Crippen LogP contribution in [0.4, 0.5) is 5.69 Å². The van der Waals surface area contributed by atoms with E-state index in [4.69, 9.17) is 5.73 Å². The number of benzene rings is 1. The number of hydrogen-bond donors (Lipinski definition) is 3. The van der Waals surface area contributed by atoms with Crippen LogP contribution in [0, 0.1) is 0 Å². The Balaban J connectivity index is 1.27. The van der Waals surface area contributed by atoms with Gasteiger partial charge in [0.15, 0.2) is 0 Å². The average molecular weight is 414 g/mol. The van der Waals surface area contributed by atoms with Crippen molar-refractivity contribution in [2.75, 3.05) is 25.0 Å². The predicted molar refractivity (Wildman–Crippen MR) is 113 cm³/mol. The van der Waals surface area contributed by atoms with Gasteiger partial charge < -0.3 is 16.0 Å². The predicted octanol–water partition coefficient (Wildman–Crippen LogP) is 0.949. The number of piperidine rings is 2. The van der Waals surface area contributed by atoms with Gasteiger partial charge in [0.25, 0.3) is 0 Å². The number of nitrogens with two attached hydrogens (primary N) is 1. The summed E-state index contributed by atoms with van der Waals surface area (Å²) in [6.07, 6.45) is 4.07. The molecule has 1 unspecified atom stereocenters. The third-order valence-electron chi connectivity index (χ3n) is 6.43. The summed E-state index contributed by atoms with van der Waals surface area (Å²) < 4.78 is 0. The number of carbonyl (C=O) groups is 3. The largest absolute Gasteiger partial charge is 0.385 e. The van der Waals surface area contributed by atoms with Crippen LogP contribution in [0.5, 0.6) is 0 Å². The Morgan fingerprint density at radius 1 is 1.17 bits per heavy atom. The van der Waals surface area contributed by atoms with Crippen LogP contribution in [-0.2, 0) is 27.5 Å². The molecule has 4 N–H and O–H groups in total. The molecule has 3 amide bonds. The van der Waals surface area contributed by atoms with Gasteiger partial charge in [-0.2, -0.15) is 0 Å². The van der Waals surface area contributed by atoms with Gasteiger partial charge in [0.05, 0.1) is 6.04 Å². The smallest absolute Gasteiger partial charge is 0.243 e. The summed E-state index contributed by atoms with van der Waals surface area (Å²) in [7, 11) is 0. The Morgan fingerprint density at radius 2 is 1.97 bits per heavy atom. The second kappa shape index (κ2) is 9.14. The summed E-state index contributed by atoms with van der Waals surface area (Å²) in [4.78, 5) is 40.1. The van der Waals surface area contributed by atoms with Crippen LogP contribution < -0.4 is 16.4 Å². The zero-order chi connectivity index (χ0) is 21.1. The Kier molecular flexibility index (Phi) is 6.34. The number of carbonyl (C=O) groups excluding carboxylic acids is 3. The van der Waals surface area contributed by atoms with Crippen LogP contribution in [0.3, 0.4) is 0 Å². The summed E-state index contributed by atoms with van der Waals surface area (Å²) in [5, 5.41) is 5.93. The first-order valence-electron chi connectivity index (χ1n) is 11.0. The Hall–Kier alpha value is -2.45. The van der Waals surface area contributed by atoms with Crippen molar-refractivity contribution < 1.29 is 14.4 Å².